The summed E-state index contributed by atoms with van der Waals surface area (Å²) in [6.07, 6.45) is 0. The maximum atomic E-state index is 12.9. The van der Waals surface area contributed by atoms with Crippen LogP contribution in [0.4, 0.5) is 0 Å². The van der Waals surface area contributed by atoms with Gasteiger partial charge >= 0.3 is 0 Å². The molecule has 3 aromatic carbocycles. The van der Waals surface area contributed by atoms with Crippen LogP contribution in [0.15, 0.2) is 65.6 Å². The van der Waals surface area contributed by atoms with Gasteiger partial charge in [0.25, 0.3) is 0 Å². The van der Waals surface area contributed by atoms with Crippen molar-refractivity contribution in [2.75, 3.05) is 7.11 Å². The Balaban J connectivity index is 1.89. The SMILES string of the molecule is COc1cccc(SC2c3cccc(O)c3C(=O)c3c(O)cccc32)c1. The molecule has 130 valence electrons. The maximum Gasteiger partial charge on any atom is 0.201 e. The van der Waals surface area contributed by atoms with Crippen molar-refractivity contribution in [2.24, 2.45) is 0 Å². The van der Waals surface area contributed by atoms with Gasteiger partial charge < -0.3 is 14.9 Å². The Morgan fingerprint density at radius 1 is 0.885 bits per heavy atom. The fourth-order valence-corrected chi connectivity index (χ4v) is 4.54. The molecule has 26 heavy (non-hydrogen) atoms. The zero-order valence-electron chi connectivity index (χ0n) is 14.0. The molecule has 0 saturated heterocycles. The van der Waals surface area contributed by atoms with Gasteiger partial charge in [0, 0.05) is 4.90 Å². The van der Waals surface area contributed by atoms with Crippen molar-refractivity contribution in [1.29, 1.82) is 0 Å². The molecular formula is C21H16O4S. The number of ketones is 1. The van der Waals surface area contributed by atoms with Crippen LogP contribution in [0.5, 0.6) is 17.2 Å². The Bertz CT molecular complexity index is 957. The topological polar surface area (TPSA) is 66.8 Å². The van der Waals surface area contributed by atoms with Gasteiger partial charge in [0.2, 0.25) is 5.78 Å². The van der Waals surface area contributed by atoms with Gasteiger partial charge in [0.05, 0.1) is 23.5 Å². The molecule has 0 spiro atoms. The van der Waals surface area contributed by atoms with Crippen LogP contribution in [-0.2, 0) is 0 Å². The van der Waals surface area contributed by atoms with Crippen LogP contribution in [0.2, 0.25) is 0 Å². The predicted molar refractivity (Wildman–Crippen MR) is 100 cm³/mol. The first-order chi connectivity index (χ1) is 12.6. The molecule has 1 aliphatic carbocycles. The van der Waals surface area contributed by atoms with Crippen molar-refractivity contribution in [3.8, 4) is 17.2 Å². The van der Waals surface area contributed by atoms with E-state index in [-0.39, 0.29) is 33.7 Å². The Morgan fingerprint density at radius 2 is 1.46 bits per heavy atom. The number of carbonyl (C=O) groups excluding carboxylic acids is 1. The van der Waals surface area contributed by atoms with E-state index in [1.165, 1.54) is 12.1 Å². The van der Waals surface area contributed by atoms with E-state index in [1.807, 2.05) is 36.4 Å². The van der Waals surface area contributed by atoms with Gasteiger partial charge in [0.1, 0.15) is 17.2 Å². The molecule has 0 fully saturated rings. The normalized spacial score (nSPS) is 13.2. The van der Waals surface area contributed by atoms with Gasteiger partial charge in [-0.3, -0.25) is 4.79 Å². The molecule has 0 aliphatic heterocycles. The molecular weight excluding hydrogens is 348 g/mol. The third-order valence-corrected chi connectivity index (χ3v) is 5.73. The monoisotopic (exact) mass is 364 g/mol. The average Bonchev–Trinajstić information content (AvgIpc) is 2.65. The fourth-order valence-electron chi connectivity index (χ4n) is 3.28. The summed E-state index contributed by atoms with van der Waals surface area (Å²) in [5.41, 5.74) is 1.98. The molecule has 0 heterocycles. The number of benzene rings is 3. The summed E-state index contributed by atoms with van der Waals surface area (Å²) in [5.74, 6) is 0.248. The summed E-state index contributed by atoms with van der Waals surface area (Å²) in [6, 6.07) is 17.8. The van der Waals surface area contributed by atoms with Gasteiger partial charge in [-0.15, -0.1) is 11.8 Å². The number of hydrogen-bond acceptors (Lipinski definition) is 5. The highest BCUT2D eigenvalue weighted by Gasteiger charge is 2.35. The van der Waals surface area contributed by atoms with E-state index in [1.54, 1.807) is 31.0 Å². The Labute approximate surface area is 155 Å². The van der Waals surface area contributed by atoms with Crippen LogP contribution in [0.1, 0.15) is 32.3 Å². The molecule has 2 N–H and O–H groups in total. The number of hydrogen-bond donors (Lipinski definition) is 2. The van der Waals surface area contributed by atoms with Gasteiger partial charge in [-0.2, -0.15) is 0 Å². The molecule has 1 aliphatic rings. The molecule has 3 aromatic rings. The minimum absolute atomic E-state index is 0.0716. The molecule has 0 aromatic heterocycles. The van der Waals surface area contributed by atoms with Crippen LogP contribution in [0.25, 0.3) is 0 Å². The number of fused-ring (bicyclic) bond motifs is 2. The molecule has 0 saturated carbocycles. The van der Waals surface area contributed by atoms with E-state index in [0.29, 0.717) is 0 Å². The van der Waals surface area contributed by atoms with Crippen molar-refractivity contribution in [1.82, 2.24) is 0 Å². The first-order valence-corrected chi connectivity index (χ1v) is 8.97. The van der Waals surface area contributed by atoms with Gasteiger partial charge in [-0.25, -0.2) is 0 Å². The van der Waals surface area contributed by atoms with E-state index in [9.17, 15) is 15.0 Å². The summed E-state index contributed by atoms with van der Waals surface area (Å²) < 4.78 is 5.29. The first-order valence-electron chi connectivity index (χ1n) is 8.09. The second kappa shape index (κ2) is 6.42. The second-order valence-corrected chi connectivity index (χ2v) is 7.17. The Hall–Kier alpha value is -2.92. The van der Waals surface area contributed by atoms with Crippen LogP contribution < -0.4 is 4.74 Å². The number of phenolic OH excluding ortho intramolecular Hbond substituents is 2. The number of phenols is 2. The Morgan fingerprint density at radius 3 is 2.04 bits per heavy atom. The predicted octanol–water partition coefficient (Wildman–Crippen LogP) is 4.53. The number of methoxy groups -OCH3 is 1. The number of aromatic hydroxyl groups is 2. The zero-order chi connectivity index (χ0) is 18.3. The first kappa shape index (κ1) is 16.5. The lowest BCUT2D eigenvalue weighted by Gasteiger charge is -2.28. The summed E-state index contributed by atoms with van der Waals surface area (Å²) in [7, 11) is 1.61. The summed E-state index contributed by atoms with van der Waals surface area (Å²) >= 11 is 1.54. The summed E-state index contributed by atoms with van der Waals surface area (Å²) in [6.45, 7) is 0. The zero-order valence-corrected chi connectivity index (χ0v) is 14.8. The van der Waals surface area contributed by atoms with Crippen LogP contribution in [-0.4, -0.2) is 23.1 Å². The highest BCUT2D eigenvalue weighted by atomic mass is 32.2. The van der Waals surface area contributed by atoms with E-state index < -0.39 is 0 Å². The van der Waals surface area contributed by atoms with Crippen molar-refractivity contribution in [3.63, 3.8) is 0 Å². The van der Waals surface area contributed by atoms with Gasteiger partial charge in [0.15, 0.2) is 0 Å². The minimum atomic E-state index is -0.353. The minimum Gasteiger partial charge on any atom is -0.507 e. The van der Waals surface area contributed by atoms with E-state index >= 15 is 0 Å². The lowest BCUT2D eigenvalue weighted by Crippen LogP contribution is -2.18. The highest BCUT2D eigenvalue weighted by Crippen LogP contribution is 2.50. The Kier molecular flexibility index (Phi) is 4.09. The molecule has 0 radical (unpaired) electrons. The van der Waals surface area contributed by atoms with Gasteiger partial charge in [-0.1, -0.05) is 30.3 Å². The summed E-state index contributed by atoms with van der Waals surface area (Å²) in [4.78, 5) is 13.9. The van der Waals surface area contributed by atoms with Crippen molar-refractivity contribution >= 4 is 17.5 Å². The third kappa shape index (κ3) is 2.61. The van der Waals surface area contributed by atoms with Crippen LogP contribution in [0, 0.1) is 0 Å². The molecule has 0 amide bonds. The lowest BCUT2D eigenvalue weighted by molar-refractivity contribution is 0.102. The van der Waals surface area contributed by atoms with Crippen LogP contribution in [0.3, 0.4) is 0 Å². The third-order valence-electron chi connectivity index (χ3n) is 4.46. The number of rotatable bonds is 3. The summed E-state index contributed by atoms with van der Waals surface area (Å²) in [5, 5.41) is 20.3. The smallest absolute Gasteiger partial charge is 0.201 e. The number of ether oxygens (including phenoxy) is 1. The second-order valence-electron chi connectivity index (χ2n) is 5.99. The molecule has 0 atom stereocenters. The molecule has 0 unspecified atom stereocenters. The molecule has 4 rings (SSSR count). The fraction of sp³-hybridized carbons (Fsp3) is 0.0952. The number of thioether (sulfide) groups is 1. The van der Waals surface area contributed by atoms with Crippen molar-refractivity contribution in [3.05, 3.63) is 82.9 Å². The van der Waals surface area contributed by atoms with Gasteiger partial charge in [-0.05, 0) is 41.5 Å². The highest BCUT2D eigenvalue weighted by molar-refractivity contribution is 7.99. The average molecular weight is 364 g/mol. The standard InChI is InChI=1S/C21H16O4S/c1-25-12-5-2-6-13(11-12)26-21-14-7-3-9-16(22)18(14)20(24)19-15(21)8-4-10-17(19)23/h2-11,21-23H,1H3. The molecule has 5 heteroatoms. The molecule has 0 bridgehead atoms. The van der Waals surface area contributed by atoms with E-state index in [2.05, 4.69) is 0 Å². The lowest BCUT2D eigenvalue weighted by atomic mass is 9.83. The van der Waals surface area contributed by atoms with Crippen LogP contribution >= 0.6 is 11.8 Å². The van der Waals surface area contributed by atoms with E-state index in [0.717, 1.165) is 21.8 Å². The largest absolute Gasteiger partial charge is 0.507 e. The quantitative estimate of drug-likeness (QED) is 0.715. The maximum absolute atomic E-state index is 12.9. The van der Waals surface area contributed by atoms with Crippen molar-refractivity contribution in [2.45, 2.75) is 10.1 Å². The van der Waals surface area contributed by atoms with Crippen molar-refractivity contribution < 1.29 is 19.7 Å². The molecule has 4 nitrogen and oxygen atoms in total. The number of carbonyl (C=O) groups is 1. The van der Waals surface area contributed by atoms with E-state index in [4.69, 9.17) is 4.74 Å².